The van der Waals surface area contributed by atoms with Crippen LogP contribution in [-0.4, -0.2) is 45.8 Å². The molecule has 32 heavy (non-hydrogen) atoms. The van der Waals surface area contributed by atoms with Gasteiger partial charge in [-0.15, -0.1) is 10.2 Å². The van der Waals surface area contributed by atoms with E-state index in [1.54, 1.807) is 17.0 Å². The minimum absolute atomic E-state index is 0.00450. The third-order valence-electron chi connectivity index (χ3n) is 5.06. The van der Waals surface area contributed by atoms with Gasteiger partial charge < -0.3 is 15.5 Å². The SMILES string of the molecule is O=C(Nc1ccccc1)C1CCN(C(=O)CSc2nnc(Nc3cccc(F)c3)s2)CC1. The average Bonchev–Trinajstić information content (AvgIpc) is 3.25. The third-order valence-corrected chi connectivity index (χ3v) is 7.02. The normalized spacial score (nSPS) is 14.2. The van der Waals surface area contributed by atoms with Crippen LogP contribution in [0.2, 0.25) is 0 Å². The fraction of sp³-hybridized carbons (Fsp3) is 0.273. The molecule has 2 aromatic carbocycles. The molecule has 0 aliphatic carbocycles. The Morgan fingerprint density at radius 2 is 1.81 bits per heavy atom. The zero-order valence-electron chi connectivity index (χ0n) is 17.2. The van der Waals surface area contributed by atoms with Crippen molar-refractivity contribution in [3.8, 4) is 0 Å². The summed E-state index contributed by atoms with van der Waals surface area (Å²) >= 11 is 2.64. The number of amides is 2. The van der Waals surface area contributed by atoms with Crippen LogP contribution < -0.4 is 10.6 Å². The number of halogens is 1. The Morgan fingerprint density at radius 3 is 2.56 bits per heavy atom. The Kier molecular flexibility index (Phi) is 7.33. The topological polar surface area (TPSA) is 87.2 Å². The monoisotopic (exact) mass is 471 g/mol. The quantitative estimate of drug-likeness (QED) is 0.497. The summed E-state index contributed by atoms with van der Waals surface area (Å²) in [4.78, 5) is 26.8. The van der Waals surface area contributed by atoms with Crippen LogP contribution >= 0.6 is 23.1 Å². The largest absolute Gasteiger partial charge is 0.342 e. The summed E-state index contributed by atoms with van der Waals surface area (Å²) < 4.78 is 13.9. The molecule has 3 aromatic rings. The van der Waals surface area contributed by atoms with E-state index >= 15 is 0 Å². The highest BCUT2D eigenvalue weighted by molar-refractivity contribution is 8.01. The Hall–Kier alpha value is -2.98. The molecule has 1 aromatic heterocycles. The predicted octanol–water partition coefficient (Wildman–Crippen LogP) is 4.39. The first kappa shape index (κ1) is 22.2. The summed E-state index contributed by atoms with van der Waals surface area (Å²) in [5.74, 6) is -0.140. The number of aromatic nitrogens is 2. The third kappa shape index (κ3) is 6.04. The lowest BCUT2D eigenvalue weighted by Crippen LogP contribution is -2.42. The number of hydrogen-bond acceptors (Lipinski definition) is 7. The van der Waals surface area contributed by atoms with Crippen molar-refractivity contribution < 1.29 is 14.0 Å². The molecule has 0 unspecified atom stereocenters. The molecule has 0 spiro atoms. The molecular weight excluding hydrogens is 449 g/mol. The van der Waals surface area contributed by atoms with E-state index < -0.39 is 0 Å². The van der Waals surface area contributed by atoms with Gasteiger partial charge >= 0.3 is 0 Å². The van der Waals surface area contributed by atoms with Crippen LogP contribution in [0.25, 0.3) is 0 Å². The van der Waals surface area contributed by atoms with Crippen molar-refractivity contribution in [1.29, 1.82) is 0 Å². The number of nitrogens with one attached hydrogen (secondary N) is 2. The second kappa shape index (κ2) is 10.6. The molecule has 0 atom stereocenters. The summed E-state index contributed by atoms with van der Waals surface area (Å²) in [7, 11) is 0. The minimum Gasteiger partial charge on any atom is -0.342 e. The number of piperidine rings is 1. The van der Waals surface area contributed by atoms with Crippen molar-refractivity contribution in [2.75, 3.05) is 29.5 Å². The maximum atomic E-state index is 13.3. The van der Waals surface area contributed by atoms with E-state index in [1.807, 2.05) is 30.3 Å². The Balaban J connectivity index is 1.21. The van der Waals surface area contributed by atoms with Gasteiger partial charge in [0.05, 0.1) is 5.75 Å². The fourth-order valence-corrected chi connectivity index (χ4v) is 5.05. The highest BCUT2D eigenvalue weighted by Gasteiger charge is 2.27. The summed E-state index contributed by atoms with van der Waals surface area (Å²) in [6, 6.07) is 15.5. The number of carbonyl (C=O) groups excluding carboxylic acids is 2. The molecule has 2 heterocycles. The van der Waals surface area contributed by atoms with Gasteiger partial charge in [0.15, 0.2) is 4.34 Å². The van der Waals surface area contributed by atoms with Crippen LogP contribution in [0.5, 0.6) is 0 Å². The minimum atomic E-state index is -0.332. The van der Waals surface area contributed by atoms with E-state index in [2.05, 4.69) is 20.8 Å². The Morgan fingerprint density at radius 1 is 1.06 bits per heavy atom. The van der Waals surface area contributed by atoms with E-state index in [0.717, 1.165) is 5.69 Å². The lowest BCUT2D eigenvalue weighted by molar-refractivity contribution is -0.132. The number of carbonyl (C=O) groups is 2. The molecule has 0 saturated carbocycles. The number of benzene rings is 2. The maximum absolute atomic E-state index is 13.3. The number of anilines is 3. The molecule has 4 rings (SSSR count). The van der Waals surface area contributed by atoms with Gasteiger partial charge in [0.2, 0.25) is 16.9 Å². The number of hydrogen-bond donors (Lipinski definition) is 2. The first-order valence-corrected chi connectivity index (χ1v) is 12.0. The molecule has 1 aliphatic heterocycles. The van der Waals surface area contributed by atoms with Crippen LogP contribution in [0, 0.1) is 11.7 Å². The molecule has 1 saturated heterocycles. The summed E-state index contributed by atoms with van der Waals surface area (Å²) in [5.41, 5.74) is 1.38. The van der Waals surface area contributed by atoms with Gasteiger partial charge in [0, 0.05) is 30.4 Å². The summed E-state index contributed by atoms with van der Waals surface area (Å²) in [6.45, 7) is 1.13. The van der Waals surface area contributed by atoms with Gasteiger partial charge in [-0.2, -0.15) is 0 Å². The van der Waals surface area contributed by atoms with Crippen molar-refractivity contribution in [3.05, 3.63) is 60.4 Å². The van der Waals surface area contributed by atoms with E-state index in [0.29, 0.717) is 41.1 Å². The van der Waals surface area contributed by atoms with E-state index in [1.165, 1.54) is 35.2 Å². The van der Waals surface area contributed by atoms with Crippen molar-refractivity contribution in [1.82, 2.24) is 15.1 Å². The van der Waals surface area contributed by atoms with Crippen LogP contribution in [0.4, 0.5) is 20.9 Å². The first-order chi connectivity index (χ1) is 15.6. The molecular formula is C22H22FN5O2S2. The summed E-state index contributed by atoms with van der Waals surface area (Å²) in [5, 5.41) is 14.6. The second-order valence-electron chi connectivity index (χ2n) is 7.31. The number of rotatable bonds is 7. The maximum Gasteiger partial charge on any atom is 0.233 e. The molecule has 7 nitrogen and oxygen atoms in total. The number of nitrogens with zero attached hydrogens (tertiary/aromatic N) is 3. The average molecular weight is 472 g/mol. The van der Waals surface area contributed by atoms with Crippen molar-refractivity contribution in [3.63, 3.8) is 0 Å². The van der Waals surface area contributed by atoms with E-state index in [9.17, 15) is 14.0 Å². The highest BCUT2D eigenvalue weighted by Crippen LogP contribution is 2.28. The lowest BCUT2D eigenvalue weighted by atomic mass is 9.96. The van der Waals surface area contributed by atoms with Gasteiger partial charge in [-0.3, -0.25) is 9.59 Å². The second-order valence-corrected chi connectivity index (χ2v) is 9.51. The smallest absolute Gasteiger partial charge is 0.233 e. The predicted molar refractivity (Wildman–Crippen MR) is 125 cm³/mol. The van der Waals surface area contributed by atoms with Gasteiger partial charge in [-0.25, -0.2) is 4.39 Å². The molecule has 2 amide bonds. The standard InChI is InChI=1S/C22H22FN5O2S2/c23-16-5-4-8-18(13-16)25-21-26-27-22(32-21)31-14-19(29)28-11-9-15(10-12-28)20(30)24-17-6-2-1-3-7-17/h1-8,13,15H,9-12,14H2,(H,24,30)(H,25,26). The van der Waals surface area contributed by atoms with Gasteiger partial charge in [-0.1, -0.05) is 47.4 Å². The van der Waals surface area contributed by atoms with Crippen LogP contribution in [-0.2, 0) is 9.59 Å². The fourth-order valence-electron chi connectivity index (χ4n) is 3.38. The van der Waals surface area contributed by atoms with Crippen molar-refractivity contribution in [2.24, 2.45) is 5.92 Å². The Bertz CT molecular complexity index is 1070. The zero-order chi connectivity index (χ0) is 22.3. The number of likely N-dealkylation sites (tertiary alicyclic amines) is 1. The van der Waals surface area contributed by atoms with Crippen LogP contribution in [0.15, 0.2) is 58.9 Å². The van der Waals surface area contributed by atoms with Gasteiger partial charge in [0.1, 0.15) is 5.82 Å². The molecule has 1 aliphatic rings. The zero-order valence-corrected chi connectivity index (χ0v) is 18.8. The summed E-state index contributed by atoms with van der Waals surface area (Å²) in [6.07, 6.45) is 1.30. The number of para-hydroxylation sites is 1. The molecule has 166 valence electrons. The van der Waals surface area contributed by atoms with E-state index in [4.69, 9.17) is 0 Å². The highest BCUT2D eigenvalue weighted by atomic mass is 32.2. The lowest BCUT2D eigenvalue weighted by Gasteiger charge is -2.31. The van der Waals surface area contributed by atoms with Crippen LogP contribution in [0.3, 0.4) is 0 Å². The molecule has 1 fully saturated rings. The molecule has 0 bridgehead atoms. The van der Waals surface area contributed by atoms with Gasteiger partial charge in [0.25, 0.3) is 0 Å². The van der Waals surface area contributed by atoms with Crippen molar-refractivity contribution >= 4 is 51.4 Å². The van der Waals surface area contributed by atoms with Crippen LogP contribution in [0.1, 0.15) is 12.8 Å². The molecule has 10 heteroatoms. The first-order valence-electron chi connectivity index (χ1n) is 10.2. The Labute approximate surface area is 193 Å². The van der Waals surface area contributed by atoms with Gasteiger partial charge in [-0.05, 0) is 43.2 Å². The van der Waals surface area contributed by atoms with Crippen molar-refractivity contribution in [2.45, 2.75) is 17.2 Å². The number of thioether (sulfide) groups is 1. The molecule has 0 radical (unpaired) electrons. The van der Waals surface area contributed by atoms with E-state index in [-0.39, 0.29) is 29.3 Å². The molecule has 2 N–H and O–H groups in total.